The highest BCUT2D eigenvalue weighted by Crippen LogP contribution is 2.25. The summed E-state index contributed by atoms with van der Waals surface area (Å²) in [6, 6.07) is 15.7. The Morgan fingerprint density at radius 3 is 2.16 bits per heavy atom. The fourth-order valence-electron chi connectivity index (χ4n) is 4.01. The Bertz CT molecular complexity index is 1530. The van der Waals surface area contributed by atoms with E-state index in [0.29, 0.717) is 30.2 Å². The molecule has 1 heterocycles. The molecule has 0 saturated carbocycles. The van der Waals surface area contributed by atoms with E-state index in [9.17, 15) is 21.6 Å². The van der Waals surface area contributed by atoms with Crippen LogP contribution in [0.2, 0.25) is 0 Å². The second kappa shape index (κ2) is 10.6. The molecule has 0 unspecified atom stereocenters. The minimum atomic E-state index is -3.95. The van der Waals surface area contributed by atoms with Crippen molar-refractivity contribution in [3.8, 4) is 0 Å². The highest BCUT2D eigenvalue weighted by Gasteiger charge is 2.26. The zero-order chi connectivity index (χ0) is 26.8. The average Bonchev–Trinajstić information content (AvgIpc) is 2.86. The first-order chi connectivity index (χ1) is 17.5. The molecule has 0 radical (unpaired) electrons. The normalized spacial score (nSPS) is 14.8. The van der Waals surface area contributed by atoms with E-state index >= 15 is 0 Å². The van der Waals surface area contributed by atoms with Crippen LogP contribution in [0.4, 0.5) is 11.4 Å². The number of nitrogens with one attached hydrogen (secondary N) is 2. The van der Waals surface area contributed by atoms with E-state index in [2.05, 4.69) is 10.0 Å². The number of amides is 1. The van der Waals surface area contributed by atoms with Gasteiger partial charge in [0.2, 0.25) is 10.0 Å². The molecule has 2 N–H and O–H groups in total. The van der Waals surface area contributed by atoms with E-state index in [-0.39, 0.29) is 28.4 Å². The molecule has 3 aromatic carbocycles. The number of sulfonamides is 2. The first kappa shape index (κ1) is 26.8. The smallest absolute Gasteiger partial charge is 0.262 e. The van der Waals surface area contributed by atoms with Crippen molar-refractivity contribution in [2.24, 2.45) is 0 Å². The summed E-state index contributed by atoms with van der Waals surface area (Å²) in [4.78, 5) is 13.0. The Labute approximate surface area is 217 Å². The van der Waals surface area contributed by atoms with Crippen LogP contribution in [0.1, 0.15) is 27.0 Å². The van der Waals surface area contributed by atoms with Gasteiger partial charge in [-0.1, -0.05) is 23.8 Å². The predicted molar refractivity (Wildman–Crippen MR) is 142 cm³/mol. The van der Waals surface area contributed by atoms with Crippen molar-refractivity contribution in [2.45, 2.75) is 30.6 Å². The second-order valence-corrected chi connectivity index (χ2v) is 12.5. The predicted octanol–water partition coefficient (Wildman–Crippen LogP) is 3.69. The lowest BCUT2D eigenvalue weighted by Crippen LogP contribution is -2.40. The molecule has 9 nitrogen and oxygen atoms in total. The first-order valence-electron chi connectivity index (χ1n) is 11.7. The van der Waals surface area contributed by atoms with Crippen LogP contribution >= 0.6 is 0 Å². The van der Waals surface area contributed by atoms with Crippen molar-refractivity contribution >= 4 is 37.3 Å². The highest BCUT2D eigenvalue weighted by atomic mass is 32.2. The van der Waals surface area contributed by atoms with Gasteiger partial charge in [0.15, 0.2) is 0 Å². The lowest BCUT2D eigenvalue weighted by atomic mass is 10.1. The van der Waals surface area contributed by atoms with Crippen LogP contribution < -0.4 is 10.0 Å². The van der Waals surface area contributed by atoms with E-state index in [0.717, 1.165) is 11.1 Å². The van der Waals surface area contributed by atoms with E-state index in [1.165, 1.54) is 40.7 Å². The van der Waals surface area contributed by atoms with Gasteiger partial charge in [-0.25, -0.2) is 16.8 Å². The number of anilines is 2. The summed E-state index contributed by atoms with van der Waals surface area (Å²) in [5.41, 5.74) is 3.29. The van der Waals surface area contributed by atoms with Crippen molar-refractivity contribution < 1.29 is 26.4 Å². The third kappa shape index (κ3) is 6.02. The minimum absolute atomic E-state index is 0.00734. The van der Waals surface area contributed by atoms with Gasteiger partial charge in [0.25, 0.3) is 15.9 Å². The Morgan fingerprint density at radius 1 is 0.838 bits per heavy atom. The van der Waals surface area contributed by atoms with Gasteiger partial charge in [-0.15, -0.1) is 0 Å². The first-order valence-corrected chi connectivity index (χ1v) is 14.6. The second-order valence-electron chi connectivity index (χ2n) is 8.90. The van der Waals surface area contributed by atoms with Crippen molar-refractivity contribution in [2.75, 3.05) is 36.3 Å². The van der Waals surface area contributed by atoms with Crippen LogP contribution in [0.25, 0.3) is 0 Å². The quantitative estimate of drug-likeness (QED) is 0.469. The monoisotopic (exact) mass is 543 g/mol. The van der Waals surface area contributed by atoms with Gasteiger partial charge in [0, 0.05) is 24.3 Å². The summed E-state index contributed by atoms with van der Waals surface area (Å²) in [6.45, 7) is 6.68. The third-order valence-electron chi connectivity index (χ3n) is 6.09. The maximum absolute atomic E-state index is 13.1. The molecule has 0 bridgehead atoms. The number of nitrogens with zero attached hydrogens (tertiary/aromatic N) is 1. The Balaban J connectivity index is 1.51. The Morgan fingerprint density at radius 2 is 1.51 bits per heavy atom. The van der Waals surface area contributed by atoms with E-state index in [1.54, 1.807) is 19.1 Å². The molecule has 4 rings (SSSR count). The van der Waals surface area contributed by atoms with E-state index in [4.69, 9.17) is 4.74 Å². The molecular formula is C26H29N3O6S2. The van der Waals surface area contributed by atoms with Crippen molar-refractivity contribution in [3.63, 3.8) is 0 Å². The van der Waals surface area contributed by atoms with E-state index in [1.807, 2.05) is 26.0 Å². The van der Waals surface area contributed by atoms with Gasteiger partial charge in [0.05, 0.1) is 28.7 Å². The summed E-state index contributed by atoms with van der Waals surface area (Å²) in [6.07, 6.45) is 0. The van der Waals surface area contributed by atoms with Crippen molar-refractivity contribution in [1.29, 1.82) is 0 Å². The van der Waals surface area contributed by atoms with Crippen LogP contribution in [0.15, 0.2) is 70.5 Å². The molecule has 0 aliphatic carbocycles. The van der Waals surface area contributed by atoms with Gasteiger partial charge in [-0.2, -0.15) is 4.31 Å². The number of hydrogen-bond donors (Lipinski definition) is 2. The maximum atomic E-state index is 13.1. The molecule has 0 aromatic heterocycles. The summed E-state index contributed by atoms with van der Waals surface area (Å²) < 4.78 is 61.1. The number of hydrogen-bond acceptors (Lipinski definition) is 6. The van der Waals surface area contributed by atoms with Gasteiger partial charge in [0.1, 0.15) is 0 Å². The molecular weight excluding hydrogens is 514 g/mol. The zero-order valence-electron chi connectivity index (χ0n) is 20.8. The van der Waals surface area contributed by atoms with Crippen LogP contribution in [0, 0.1) is 20.8 Å². The lowest BCUT2D eigenvalue weighted by molar-refractivity contribution is 0.0730. The fraction of sp³-hybridized carbons (Fsp3) is 0.269. The van der Waals surface area contributed by atoms with Crippen molar-refractivity contribution in [1.82, 2.24) is 4.31 Å². The number of aryl methyl sites for hydroxylation is 3. The Hall–Kier alpha value is -3.25. The van der Waals surface area contributed by atoms with E-state index < -0.39 is 26.0 Å². The molecule has 1 aliphatic heterocycles. The van der Waals surface area contributed by atoms with Gasteiger partial charge in [-0.05, 0) is 74.4 Å². The van der Waals surface area contributed by atoms with Crippen LogP contribution in [-0.2, 0) is 24.8 Å². The molecule has 1 saturated heterocycles. The molecule has 1 amide bonds. The highest BCUT2D eigenvalue weighted by molar-refractivity contribution is 7.92. The molecule has 11 heteroatoms. The third-order valence-corrected chi connectivity index (χ3v) is 9.51. The number of morpholine rings is 1. The maximum Gasteiger partial charge on any atom is 0.262 e. The minimum Gasteiger partial charge on any atom is -0.379 e. The summed E-state index contributed by atoms with van der Waals surface area (Å²) in [5, 5.41) is 2.70. The zero-order valence-corrected chi connectivity index (χ0v) is 22.4. The SMILES string of the molecule is Cc1ccc(NS(=O)(=O)c2cc(C(=O)Nc3ccc(S(=O)(=O)N4CCOCC4)cc3)ccc2C)c(C)c1. The van der Waals surface area contributed by atoms with Crippen LogP contribution in [0.3, 0.4) is 0 Å². The molecule has 1 fully saturated rings. The van der Waals surface area contributed by atoms with Gasteiger partial charge in [-0.3, -0.25) is 9.52 Å². The standard InChI is InChI=1S/C26H29N3O6S2/c1-18-4-11-24(20(3)16-18)28-36(31,32)25-17-21(6-5-19(25)2)26(30)27-22-7-9-23(10-8-22)37(33,34)29-12-14-35-15-13-29/h4-11,16-17,28H,12-15H2,1-3H3,(H,27,30). The van der Waals surface area contributed by atoms with Gasteiger partial charge < -0.3 is 10.1 Å². The summed E-state index contributed by atoms with van der Waals surface area (Å²) >= 11 is 0. The number of carbonyl (C=O) groups is 1. The fourth-order valence-corrected chi connectivity index (χ4v) is 6.82. The number of carbonyl (C=O) groups excluding carboxylic acids is 1. The Kier molecular flexibility index (Phi) is 7.69. The molecule has 3 aromatic rings. The largest absolute Gasteiger partial charge is 0.379 e. The van der Waals surface area contributed by atoms with Crippen LogP contribution in [-0.4, -0.2) is 53.4 Å². The van der Waals surface area contributed by atoms with Crippen LogP contribution in [0.5, 0.6) is 0 Å². The molecule has 37 heavy (non-hydrogen) atoms. The summed E-state index contributed by atoms with van der Waals surface area (Å²) in [7, 11) is -7.60. The number of benzene rings is 3. The molecule has 0 atom stereocenters. The molecule has 196 valence electrons. The van der Waals surface area contributed by atoms with Gasteiger partial charge >= 0.3 is 0 Å². The van der Waals surface area contributed by atoms with Crippen molar-refractivity contribution in [3.05, 3.63) is 82.9 Å². The number of rotatable bonds is 7. The molecule has 1 aliphatic rings. The lowest BCUT2D eigenvalue weighted by Gasteiger charge is -2.26. The summed E-state index contributed by atoms with van der Waals surface area (Å²) in [5.74, 6) is -0.522. The topological polar surface area (TPSA) is 122 Å². The molecule has 0 spiro atoms. The average molecular weight is 544 g/mol. The number of ether oxygens (including phenoxy) is 1.